The lowest BCUT2D eigenvalue weighted by Gasteiger charge is -2.24. The maximum atomic E-state index is 6.24. The monoisotopic (exact) mass is 248 g/mol. The number of pyridine rings is 1. The van der Waals surface area contributed by atoms with Crippen LogP contribution in [0.2, 0.25) is 0 Å². The van der Waals surface area contributed by atoms with Gasteiger partial charge in [0.15, 0.2) is 0 Å². The fraction of sp³-hybridized carbons (Fsp3) is 0.0833. The topological polar surface area (TPSA) is 16.1 Å². The zero-order chi connectivity index (χ0) is 11.0. The van der Waals surface area contributed by atoms with E-state index < -0.39 is 0 Å². The third-order valence-corrected chi connectivity index (χ3v) is 3.79. The van der Waals surface area contributed by atoms with E-state index in [9.17, 15) is 0 Å². The molecule has 2 aromatic heterocycles. The molecule has 16 heavy (non-hydrogen) atoms. The summed E-state index contributed by atoms with van der Waals surface area (Å²) in [6.07, 6.45) is 5.56. The molecule has 3 heterocycles. The lowest BCUT2D eigenvalue weighted by Crippen LogP contribution is -2.18. The Morgan fingerprint density at radius 2 is 2.06 bits per heavy atom. The molecule has 0 atom stereocenters. The summed E-state index contributed by atoms with van der Waals surface area (Å²) in [5, 5.41) is 2.89. The van der Waals surface area contributed by atoms with Crippen molar-refractivity contribution in [3.63, 3.8) is 0 Å². The van der Waals surface area contributed by atoms with Gasteiger partial charge in [0, 0.05) is 34.7 Å². The summed E-state index contributed by atoms with van der Waals surface area (Å²) in [7, 11) is 0. The van der Waals surface area contributed by atoms with Crippen LogP contribution in [0.5, 0.6) is 0 Å². The van der Waals surface area contributed by atoms with Crippen LogP contribution in [0.3, 0.4) is 0 Å². The summed E-state index contributed by atoms with van der Waals surface area (Å²) in [6, 6.07) is 6.04. The average Bonchev–Trinajstić information content (AvgIpc) is 2.79. The molecule has 0 amide bonds. The minimum absolute atomic E-state index is 0.805. The third-order valence-electron chi connectivity index (χ3n) is 2.58. The Morgan fingerprint density at radius 1 is 1.25 bits per heavy atom. The Kier molecular flexibility index (Phi) is 2.42. The van der Waals surface area contributed by atoms with Crippen molar-refractivity contribution in [3.8, 4) is 0 Å². The number of hydrogen-bond acceptors (Lipinski definition) is 3. The molecule has 2 aromatic rings. The number of thiophene rings is 1. The van der Waals surface area contributed by atoms with Gasteiger partial charge in [-0.05, 0) is 23.6 Å². The quantitative estimate of drug-likeness (QED) is 0.765. The molecule has 0 saturated heterocycles. The summed E-state index contributed by atoms with van der Waals surface area (Å²) in [5.74, 6) is 0. The number of rotatable bonds is 1. The molecule has 2 nitrogen and oxygen atoms in total. The van der Waals surface area contributed by atoms with Gasteiger partial charge in [0.05, 0.1) is 11.6 Å². The van der Waals surface area contributed by atoms with Gasteiger partial charge in [-0.3, -0.25) is 4.98 Å². The summed E-state index contributed by atoms with van der Waals surface area (Å²) < 4.78 is 0. The number of nitrogens with zero attached hydrogens (tertiary/aromatic N) is 2. The Balaban J connectivity index is 2.00. The second-order valence-corrected chi connectivity index (χ2v) is 4.98. The lowest BCUT2D eigenvalue weighted by molar-refractivity contribution is 0.971. The Bertz CT molecular complexity index is 533. The molecule has 0 spiro atoms. The predicted octanol–water partition coefficient (Wildman–Crippen LogP) is 3.70. The molecule has 0 radical (unpaired) electrons. The first-order valence-corrected chi connectivity index (χ1v) is 6.21. The largest absolute Gasteiger partial charge is 0.341 e. The van der Waals surface area contributed by atoms with Gasteiger partial charge in [-0.25, -0.2) is 0 Å². The van der Waals surface area contributed by atoms with E-state index in [4.69, 9.17) is 11.6 Å². The van der Waals surface area contributed by atoms with Crippen molar-refractivity contribution in [1.82, 2.24) is 4.98 Å². The molecule has 0 N–H and O–H groups in total. The smallest absolute Gasteiger partial charge is 0.0652 e. The van der Waals surface area contributed by atoms with Gasteiger partial charge in [-0.1, -0.05) is 11.6 Å². The summed E-state index contributed by atoms with van der Waals surface area (Å²) in [5.41, 5.74) is 2.28. The van der Waals surface area contributed by atoms with Crippen molar-refractivity contribution in [2.24, 2.45) is 0 Å². The van der Waals surface area contributed by atoms with Crippen molar-refractivity contribution in [2.45, 2.75) is 6.54 Å². The van der Waals surface area contributed by atoms with Crippen LogP contribution in [0.4, 0.5) is 5.69 Å². The van der Waals surface area contributed by atoms with Crippen LogP contribution in [-0.2, 0) is 6.54 Å². The Labute approximate surface area is 103 Å². The fourth-order valence-corrected chi connectivity index (χ4v) is 3.02. The molecule has 80 valence electrons. The van der Waals surface area contributed by atoms with E-state index in [-0.39, 0.29) is 0 Å². The van der Waals surface area contributed by atoms with Gasteiger partial charge in [-0.15, -0.1) is 11.3 Å². The first kappa shape index (κ1) is 9.87. The zero-order valence-corrected chi connectivity index (χ0v) is 10.0. The molecule has 0 aliphatic carbocycles. The van der Waals surface area contributed by atoms with Crippen molar-refractivity contribution in [1.29, 1.82) is 0 Å². The highest BCUT2D eigenvalue weighted by Crippen LogP contribution is 2.34. The minimum atomic E-state index is 0.805. The van der Waals surface area contributed by atoms with Gasteiger partial charge in [0.25, 0.3) is 0 Å². The molecule has 0 bridgehead atoms. The van der Waals surface area contributed by atoms with Crippen molar-refractivity contribution in [3.05, 3.63) is 52.6 Å². The van der Waals surface area contributed by atoms with E-state index in [0.29, 0.717) is 0 Å². The van der Waals surface area contributed by atoms with E-state index in [1.54, 1.807) is 23.7 Å². The van der Waals surface area contributed by atoms with Gasteiger partial charge in [0.2, 0.25) is 0 Å². The number of fused-ring (bicyclic) bond motifs is 1. The molecule has 0 saturated carbocycles. The van der Waals surface area contributed by atoms with Crippen molar-refractivity contribution in [2.75, 3.05) is 4.90 Å². The van der Waals surface area contributed by atoms with E-state index >= 15 is 0 Å². The first-order chi connectivity index (χ1) is 7.84. The number of halogens is 1. The van der Waals surface area contributed by atoms with Crippen LogP contribution in [0, 0.1) is 0 Å². The van der Waals surface area contributed by atoms with Crippen LogP contribution in [-0.4, -0.2) is 4.98 Å². The zero-order valence-electron chi connectivity index (χ0n) is 8.43. The van der Waals surface area contributed by atoms with Crippen molar-refractivity contribution < 1.29 is 0 Å². The molecular weight excluding hydrogens is 240 g/mol. The summed E-state index contributed by atoms with van der Waals surface area (Å²) >= 11 is 7.99. The maximum absolute atomic E-state index is 6.24. The minimum Gasteiger partial charge on any atom is -0.341 e. The van der Waals surface area contributed by atoms with E-state index in [1.807, 2.05) is 18.3 Å². The fourth-order valence-electron chi connectivity index (χ4n) is 1.78. The van der Waals surface area contributed by atoms with Gasteiger partial charge in [-0.2, -0.15) is 0 Å². The lowest BCUT2D eigenvalue weighted by atomic mass is 10.2. The second kappa shape index (κ2) is 3.92. The molecule has 3 rings (SSSR count). The van der Waals surface area contributed by atoms with E-state index in [1.165, 1.54) is 4.88 Å². The molecule has 0 unspecified atom stereocenters. The van der Waals surface area contributed by atoms with Crippen LogP contribution >= 0.6 is 22.9 Å². The van der Waals surface area contributed by atoms with Crippen LogP contribution in [0.1, 0.15) is 10.4 Å². The van der Waals surface area contributed by atoms with E-state index in [2.05, 4.69) is 21.3 Å². The molecule has 4 heteroatoms. The van der Waals surface area contributed by atoms with Gasteiger partial charge in [0.1, 0.15) is 0 Å². The standard InChI is InChI=1S/C12H9ClN2S/c13-11-7-15(9-1-4-14-5-2-9)8-12-10(11)3-6-16-12/h1-7H,8H2. The predicted molar refractivity (Wildman–Crippen MR) is 68.6 cm³/mol. The number of hydrogen-bond donors (Lipinski definition) is 0. The highest BCUT2D eigenvalue weighted by Gasteiger charge is 2.17. The van der Waals surface area contributed by atoms with Crippen molar-refractivity contribution >= 4 is 33.7 Å². The van der Waals surface area contributed by atoms with Crippen LogP contribution < -0.4 is 4.90 Å². The summed E-state index contributed by atoms with van der Waals surface area (Å²) in [6.45, 7) is 0.882. The van der Waals surface area contributed by atoms with Crippen LogP contribution in [0.25, 0.3) is 5.03 Å². The highest BCUT2D eigenvalue weighted by molar-refractivity contribution is 7.10. The number of aromatic nitrogens is 1. The average molecular weight is 249 g/mol. The second-order valence-electron chi connectivity index (χ2n) is 3.57. The normalized spacial score (nSPS) is 14.6. The first-order valence-electron chi connectivity index (χ1n) is 4.95. The molecule has 1 aliphatic rings. The van der Waals surface area contributed by atoms with Gasteiger partial charge >= 0.3 is 0 Å². The maximum Gasteiger partial charge on any atom is 0.0652 e. The third kappa shape index (κ3) is 1.62. The molecule has 0 fully saturated rings. The molecule has 0 aromatic carbocycles. The Hall–Kier alpha value is -1.32. The Morgan fingerprint density at radius 3 is 2.88 bits per heavy atom. The van der Waals surface area contributed by atoms with Crippen LogP contribution in [0.15, 0.2) is 42.2 Å². The van der Waals surface area contributed by atoms with Gasteiger partial charge < -0.3 is 4.90 Å². The highest BCUT2D eigenvalue weighted by atomic mass is 35.5. The molecule has 1 aliphatic heterocycles. The molecular formula is C12H9ClN2S. The number of anilines is 1. The van der Waals surface area contributed by atoms with E-state index in [0.717, 1.165) is 22.8 Å². The SMILES string of the molecule is ClC1=CN(c2ccncc2)Cc2sccc21. The summed E-state index contributed by atoms with van der Waals surface area (Å²) in [4.78, 5) is 7.47.